The Kier molecular flexibility index (Phi) is 15.5. The van der Waals surface area contributed by atoms with E-state index in [2.05, 4.69) is 24.5 Å². The highest BCUT2D eigenvalue weighted by atomic mass is 16.2. The second-order valence-electron chi connectivity index (χ2n) is 6.03. The van der Waals surface area contributed by atoms with Crippen LogP contribution in [0.5, 0.6) is 0 Å². The van der Waals surface area contributed by atoms with Gasteiger partial charge in [0.1, 0.15) is 0 Å². The van der Waals surface area contributed by atoms with Crippen LogP contribution in [0.15, 0.2) is 0 Å². The third-order valence-corrected chi connectivity index (χ3v) is 3.76. The minimum absolute atomic E-state index is 0.0730. The van der Waals surface area contributed by atoms with E-state index in [9.17, 15) is 9.59 Å². The van der Waals surface area contributed by atoms with E-state index in [4.69, 9.17) is 0 Å². The summed E-state index contributed by atoms with van der Waals surface area (Å²) >= 11 is 0. The fourth-order valence-electron chi connectivity index (χ4n) is 2.32. The Morgan fingerprint density at radius 3 is 1.45 bits per heavy atom. The lowest BCUT2D eigenvalue weighted by Gasteiger charge is -2.06. The van der Waals surface area contributed by atoms with Crippen molar-refractivity contribution in [3.05, 3.63) is 0 Å². The number of rotatable bonds is 15. The minimum atomic E-state index is 0.0730. The number of hydrogen-bond acceptors (Lipinski definition) is 2. The fourth-order valence-corrected chi connectivity index (χ4v) is 2.32. The Hall–Kier alpha value is -1.06. The van der Waals surface area contributed by atoms with Gasteiger partial charge in [0.25, 0.3) is 0 Å². The van der Waals surface area contributed by atoms with E-state index < -0.39 is 0 Å². The van der Waals surface area contributed by atoms with Gasteiger partial charge in [-0.2, -0.15) is 0 Å². The van der Waals surface area contributed by atoms with Crippen molar-refractivity contribution in [3.63, 3.8) is 0 Å². The number of carbonyl (C=O) groups is 2. The summed E-state index contributed by atoms with van der Waals surface area (Å²) < 4.78 is 0. The van der Waals surface area contributed by atoms with Crippen LogP contribution in [0.1, 0.15) is 90.9 Å². The number of amides is 2. The lowest BCUT2D eigenvalue weighted by atomic mass is 10.1. The first-order valence-electron chi connectivity index (χ1n) is 9.24. The molecule has 0 atom stereocenters. The van der Waals surface area contributed by atoms with Crippen molar-refractivity contribution in [2.45, 2.75) is 90.9 Å². The summed E-state index contributed by atoms with van der Waals surface area (Å²) in [5.74, 6) is 0.148. The van der Waals surface area contributed by atoms with Gasteiger partial charge in [-0.05, 0) is 19.3 Å². The highest BCUT2D eigenvalue weighted by Gasteiger charge is 2.04. The first-order chi connectivity index (χ1) is 10.7. The summed E-state index contributed by atoms with van der Waals surface area (Å²) in [7, 11) is 0. The van der Waals surface area contributed by atoms with E-state index in [-0.39, 0.29) is 11.8 Å². The maximum Gasteiger partial charge on any atom is 0.220 e. The van der Waals surface area contributed by atoms with Crippen LogP contribution in [0.3, 0.4) is 0 Å². The highest BCUT2D eigenvalue weighted by Crippen LogP contribution is 2.02. The van der Waals surface area contributed by atoms with Crippen molar-refractivity contribution in [2.24, 2.45) is 0 Å². The molecule has 0 aromatic carbocycles. The molecule has 0 radical (unpaired) electrons. The zero-order valence-corrected chi connectivity index (χ0v) is 14.7. The van der Waals surface area contributed by atoms with Gasteiger partial charge in [0.05, 0.1) is 0 Å². The molecule has 0 aliphatic carbocycles. The van der Waals surface area contributed by atoms with Gasteiger partial charge in [-0.25, -0.2) is 0 Å². The average Bonchev–Trinajstić information content (AvgIpc) is 2.50. The predicted molar refractivity (Wildman–Crippen MR) is 92.8 cm³/mol. The van der Waals surface area contributed by atoms with Crippen LogP contribution in [0.2, 0.25) is 0 Å². The standard InChI is InChI=1S/C18H36N2O2/c1-3-5-7-9-11-16-20-18(22)14-12-13-17(21)19-15-10-8-6-4-2/h3-16H2,1-2H3,(H,19,21)(H,20,22). The Labute approximate surface area is 136 Å². The summed E-state index contributed by atoms with van der Waals surface area (Å²) in [6.45, 7) is 5.91. The van der Waals surface area contributed by atoms with Gasteiger partial charge in [0.15, 0.2) is 0 Å². The minimum Gasteiger partial charge on any atom is -0.356 e. The van der Waals surface area contributed by atoms with Gasteiger partial charge in [0, 0.05) is 25.9 Å². The van der Waals surface area contributed by atoms with Crippen molar-refractivity contribution < 1.29 is 9.59 Å². The van der Waals surface area contributed by atoms with Crippen LogP contribution < -0.4 is 10.6 Å². The van der Waals surface area contributed by atoms with E-state index in [1.807, 2.05) is 0 Å². The average molecular weight is 312 g/mol. The molecule has 4 heteroatoms. The zero-order chi connectivity index (χ0) is 16.5. The first kappa shape index (κ1) is 20.9. The maximum atomic E-state index is 11.6. The number of hydrogen-bond donors (Lipinski definition) is 2. The molecule has 0 heterocycles. The van der Waals surface area contributed by atoms with Crippen molar-refractivity contribution in [1.29, 1.82) is 0 Å². The van der Waals surface area contributed by atoms with E-state index in [1.54, 1.807) is 0 Å². The van der Waals surface area contributed by atoms with E-state index >= 15 is 0 Å². The fraction of sp³-hybridized carbons (Fsp3) is 0.889. The molecule has 0 saturated carbocycles. The Morgan fingerprint density at radius 2 is 1.00 bits per heavy atom. The molecule has 22 heavy (non-hydrogen) atoms. The molecule has 0 aliphatic heterocycles. The summed E-state index contributed by atoms with van der Waals surface area (Å²) in [6.07, 6.45) is 12.3. The molecule has 2 N–H and O–H groups in total. The van der Waals surface area contributed by atoms with E-state index in [0.29, 0.717) is 19.3 Å². The summed E-state index contributed by atoms with van der Waals surface area (Å²) in [5, 5.41) is 5.85. The molecule has 0 aromatic heterocycles. The van der Waals surface area contributed by atoms with Crippen molar-refractivity contribution in [3.8, 4) is 0 Å². The number of unbranched alkanes of at least 4 members (excludes halogenated alkanes) is 7. The van der Waals surface area contributed by atoms with Gasteiger partial charge < -0.3 is 10.6 Å². The second kappa shape index (κ2) is 16.3. The van der Waals surface area contributed by atoms with Crippen molar-refractivity contribution >= 4 is 11.8 Å². The van der Waals surface area contributed by atoms with Crippen LogP contribution in [0.25, 0.3) is 0 Å². The molecule has 0 aliphatic rings. The highest BCUT2D eigenvalue weighted by molar-refractivity contribution is 5.78. The van der Waals surface area contributed by atoms with Crippen LogP contribution >= 0.6 is 0 Å². The monoisotopic (exact) mass is 312 g/mol. The van der Waals surface area contributed by atoms with Crippen LogP contribution in [-0.2, 0) is 9.59 Å². The molecular formula is C18H36N2O2. The van der Waals surface area contributed by atoms with Gasteiger partial charge in [-0.15, -0.1) is 0 Å². The molecule has 130 valence electrons. The molecule has 0 fully saturated rings. The Morgan fingerprint density at radius 1 is 0.591 bits per heavy atom. The molecular weight excluding hydrogens is 276 g/mol. The van der Waals surface area contributed by atoms with Gasteiger partial charge in [-0.3, -0.25) is 9.59 Å². The summed E-state index contributed by atoms with van der Waals surface area (Å²) in [4.78, 5) is 23.2. The molecule has 0 rings (SSSR count). The summed E-state index contributed by atoms with van der Waals surface area (Å²) in [6, 6.07) is 0. The molecule has 4 nitrogen and oxygen atoms in total. The number of carbonyl (C=O) groups excluding carboxylic acids is 2. The number of nitrogens with one attached hydrogen (secondary N) is 2. The second-order valence-corrected chi connectivity index (χ2v) is 6.03. The Bertz CT molecular complexity index is 280. The molecule has 0 bridgehead atoms. The van der Waals surface area contributed by atoms with Crippen LogP contribution in [0, 0.1) is 0 Å². The van der Waals surface area contributed by atoms with Crippen molar-refractivity contribution in [2.75, 3.05) is 13.1 Å². The largest absolute Gasteiger partial charge is 0.356 e. The lowest BCUT2D eigenvalue weighted by Crippen LogP contribution is -2.26. The van der Waals surface area contributed by atoms with Crippen molar-refractivity contribution in [1.82, 2.24) is 10.6 Å². The molecule has 2 amide bonds. The van der Waals surface area contributed by atoms with Gasteiger partial charge >= 0.3 is 0 Å². The molecule has 0 aromatic rings. The third kappa shape index (κ3) is 15.3. The Balaban J connectivity index is 3.34. The van der Waals surface area contributed by atoms with Crippen LogP contribution in [-0.4, -0.2) is 24.9 Å². The quantitative estimate of drug-likeness (QED) is 0.450. The van der Waals surface area contributed by atoms with E-state index in [0.717, 1.165) is 25.9 Å². The van der Waals surface area contributed by atoms with Gasteiger partial charge in [0.2, 0.25) is 11.8 Å². The van der Waals surface area contributed by atoms with Crippen LogP contribution in [0.4, 0.5) is 0 Å². The normalized spacial score (nSPS) is 10.5. The first-order valence-corrected chi connectivity index (χ1v) is 9.24. The third-order valence-electron chi connectivity index (χ3n) is 3.76. The summed E-state index contributed by atoms with van der Waals surface area (Å²) in [5.41, 5.74) is 0. The predicted octanol–water partition coefficient (Wildman–Crippen LogP) is 3.94. The molecule has 0 unspecified atom stereocenters. The molecule has 0 saturated heterocycles. The van der Waals surface area contributed by atoms with E-state index in [1.165, 1.54) is 44.9 Å². The zero-order valence-electron chi connectivity index (χ0n) is 14.7. The smallest absolute Gasteiger partial charge is 0.220 e. The lowest BCUT2D eigenvalue weighted by molar-refractivity contribution is -0.122. The maximum absolute atomic E-state index is 11.6. The van der Waals surface area contributed by atoms with Gasteiger partial charge in [-0.1, -0.05) is 58.8 Å². The topological polar surface area (TPSA) is 58.2 Å². The SMILES string of the molecule is CCCCCCCNC(=O)CCCC(=O)NCCCCCC. The molecule has 0 spiro atoms.